The Morgan fingerprint density at radius 2 is 1.95 bits per heavy atom. The number of nitrogens with one attached hydrogen (secondary N) is 2. The standard InChI is InChI=1S/C16H19N3O/c1-11-7-6-10-18-15(11)16(20)19-14-9-5-4-8-13(14)12(2)17-3/h4-10,12,17H,1-3H3,(H,19,20). The van der Waals surface area contributed by atoms with Crippen LogP contribution in [0.15, 0.2) is 42.6 Å². The highest BCUT2D eigenvalue weighted by atomic mass is 16.1. The van der Waals surface area contributed by atoms with Crippen LogP contribution < -0.4 is 10.6 Å². The summed E-state index contributed by atoms with van der Waals surface area (Å²) < 4.78 is 0. The molecular formula is C16H19N3O. The summed E-state index contributed by atoms with van der Waals surface area (Å²) >= 11 is 0. The van der Waals surface area contributed by atoms with Gasteiger partial charge in [0.2, 0.25) is 0 Å². The molecule has 1 aromatic heterocycles. The van der Waals surface area contributed by atoms with Crippen LogP contribution in [0, 0.1) is 6.92 Å². The minimum absolute atomic E-state index is 0.163. The second-order valence-electron chi connectivity index (χ2n) is 4.72. The van der Waals surface area contributed by atoms with Gasteiger partial charge in [-0.05, 0) is 44.2 Å². The summed E-state index contributed by atoms with van der Waals surface area (Å²) in [5.41, 5.74) is 3.19. The number of carbonyl (C=O) groups is 1. The Hall–Kier alpha value is -2.20. The zero-order valence-electron chi connectivity index (χ0n) is 12.0. The largest absolute Gasteiger partial charge is 0.320 e. The number of hydrogen-bond donors (Lipinski definition) is 2. The third-order valence-electron chi connectivity index (χ3n) is 3.33. The molecule has 0 fully saturated rings. The van der Waals surface area contributed by atoms with E-state index in [2.05, 4.69) is 22.5 Å². The maximum absolute atomic E-state index is 12.3. The van der Waals surface area contributed by atoms with Crippen LogP contribution in [0.1, 0.15) is 34.6 Å². The van der Waals surface area contributed by atoms with Crippen LogP contribution in [-0.4, -0.2) is 17.9 Å². The third kappa shape index (κ3) is 3.03. The van der Waals surface area contributed by atoms with Crippen LogP contribution in [-0.2, 0) is 0 Å². The van der Waals surface area contributed by atoms with Crippen LogP contribution in [0.2, 0.25) is 0 Å². The highest BCUT2D eigenvalue weighted by Gasteiger charge is 2.14. The molecule has 4 nitrogen and oxygen atoms in total. The summed E-state index contributed by atoms with van der Waals surface area (Å²) in [6.45, 7) is 3.93. The Labute approximate surface area is 119 Å². The summed E-state index contributed by atoms with van der Waals surface area (Å²) in [5, 5.41) is 6.12. The van der Waals surface area contributed by atoms with E-state index in [0.717, 1.165) is 16.8 Å². The molecule has 0 bridgehead atoms. The quantitative estimate of drug-likeness (QED) is 0.897. The van der Waals surface area contributed by atoms with Gasteiger partial charge < -0.3 is 10.6 Å². The maximum atomic E-state index is 12.3. The molecule has 1 heterocycles. The fourth-order valence-electron chi connectivity index (χ4n) is 2.05. The van der Waals surface area contributed by atoms with Gasteiger partial charge in [-0.25, -0.2) is 0 Å². The number of nitrogens with zero attached hydrogens (tertiary/aromatic N) is 1. The molecule has 0 radical (unpaired) electrons. The van der Waals surface area contributed by atoms with Gasteiger partial charge in [0, 0.05) is 17.9 Å². The lowest BCUT2D eigenvalue weighted by Gasteiger charge is -2.16. The molecule has 1 unspecified atom stereocenters. The minimum atomic E-state index is -0.182. The van der Waals surface area contributed by atoms with Crippen LogP contribution >= 0.6 is 0 Å². The predicted octanol–water partition coefficient (Wildman–Crippen LogP) is 2.92. The van der Waals surface area contributed by atoms with E-state index in [1.165, 1.54) is 0 Å². The summed E-state index contributed by atoms with van der Waals surface area (Å²) in [7, 11) is 1.90. The molecule has 104 valence electrons. The molecule has 0 saturated heterocycles. The first-order valence-electron chi connectivity index (χ1n) is 6.62. The van der Waals surface area contributed by atoms with Gasteiger partial charge in [0.25, 0.3) is 5.91 Å². The maximum Gasteiger partial charge on any atom is 0.274 e. The molecule has 0 aliphatic carbocycles. The van der Waals surface area contributed by atoms with Crippen molar-refractivity contribution in [2.24, 2.45) is 0 Å². The van der Waals surface area contributed by atoms with E-state index in [4.69, 9.17) is 0 Å². The molecule has 20 heavy (non-hydrogen) atoms. The highest BCUT2D eigenvalue weighted by Crippen LogP contribution is 2.22. The number of para-hydroxylation sites is 1. The molecule has 2 aromatic rings. The second kappa shape index (κ2) is 6.30. The lowest BCUT2D eigenvalue weighted by Crippen LogP contribution is -2.19. The van der Waals surface area contributed by atoms with Gasteiger partial charge in [0.15, 0.2) is 0 Å². The van der Waals surface area contributed by atoms with Gasteiger partial charge >= 0.3 is 0 Å². The van der Waals surface area contributed by atoms with Crippen molar-refractivity contribution >= 4 is 11.6 Å². The molecule has 1 aromatic carbocycles. The van der Waals surface area contributed by atoms with Gasteiger partial charge in [-0.15, -0.1) is 0 Å². The molecule has 0 aliphatic rings. The number of anilines is 1. The van der Waals surface area contributed by atoms with Gasteiger partial charge in [0.1, 0.15) is 5.69 Å². The monoisotopic (exact) mass is 269 g/mol. The molecule has 0 spiro atoms. The van der Waals surface area contributed by atoms with E-state index in [9.17, 15) is 4.79 Å². The third-order valence-corrected chi connectivity index (χ3v) is 3.33. The lowest BCUT2D eigenvalue weighted by molar-refractivity contribution is 0.102. The molecule has 2 N–H and O–H groups in total. The second-order valence-corrected chi connectivity index (χ2v) is 4.72. The predicted molar refractivity (Wildman–Crippen MR) is 80.8 cm³/mol. The Morgan fingerprint density at radius 3 is 2.65 bits per heavy atom. The fraction of sp³-hybridized carbons (Fsp3) is 0.250. The zero-order valence-corrected chi connectivity index (χ0v) is 12.0. The van der Waals surface area contributed by atoms with Crippen molar-refractivity contribution < 1.29 is 4.79 Å². The Bertz CT molecular complexity index is 610. The van der Waals surface area contributed by atoms with Crippen LogP contribution in [0.3, 0.4) is 0 Å². The van der Waals surface area contributed by atoms with E-state index in [-0.39, 0.29) is 11.9 Å². The zero-order chi connectivity index (χ0) is 14.5. The van der Waals surface area contributed by atoms with Crippen molar-refractivity contribution in [2.75, 3.05) is 12.4 Å². The summed E-state index contributed by atoms with van der Waals surface area (Å²) in [4.78, 5) is 16.4. The molecule has 0 saturated carbocycles. The molecule has 1 amide bonds. The number of aromatic nitrogens is 1. The summed E-state index contributed by atoms with van der Waals surface area (Å²) in [6.07, 6.45) is 1.63. The SMILES string of the molecule is CNC(C)c1ccccc1NC(=O)c1ncccc1C. The van der Waals surface area contributed by atoms with Gasteiger partial charge in [-0.1, -0.05) is 24.3 Å². The van der Waals surface area contributed by atoms with E-state index in [0.29, 0.717) is 5.69 Å². The van der Waals surface area contributed by atoms with Crippen LogP contribution in [0.25, 0.3) is 0 Å². The molecule has 1 atom stereocenters. The Balaban J connectivity index is 2.27. The van der Waals surface area contributed by atoms with E-state index >= 15 is 0 Å². The minimum Gasteiger partial charge on any atom is -0.320 e. The normalized spacial score (nSPS) is 11.9. The van der Waals surface area contributed by atoms with E-state index < -0.39 is 0 Å². The summed E-state index contributed by atoms with van der Waals surface area (Å²) in [5.74, 6) is -0.182. The number of benzene rings is 1. The van der Waals surface area contributed by atoms with Crippen molar-refractivity contribution in [3.63, 3.8) is 0 Å². The summed E-state index contributed by atoms with van der Waals surface area (Å²) in [6, 6.07) is 11.6. The first-order chi connectivity index (χ1) is 9.63. The molecule has 0 aliphatic heterocycles. The number of rotatable bonds is 4. The first kappa shape index (κ1) is 14.2. The molecular weight excluding hydrogens is 250 g/mol. The average molecular weight is 269 g/mol. The Kier molecular flexibility index (Phi) is 4.48. The van der Waals surface area contributed by atoms with E-state index in [1.807, 2.05) is 50.4 Å². The highest BCUT2D eigenvalue weighted by molar-refractivity contribution is 6.04. The van der Waals surface area contributed by atoms with Gasteiger partial charge in [-0.3, -0.25) is 9.78 Å². The first-order valence-corrected chi connectivity index (χ1v) is 6.62. The number of aryl methyl sites for hydroxylation is 1. The van der Waals surface area contributed by atoms with Crippen molar-refractivity contribution in [1.82, 2.24) is 10.3 Å². The number of amides is 1. The lowest BCUT2D eigenvalue weighted by atomic mass is 10.1. The van der Waals surface area contributed by atoms with Crippen molar-refractivity contribution in [3.05, 3.63) is 59.4 Å². The van der Waals surface area contributed by atoms with Crippen LogP contribution in [0.4, 0.5) is 5.69 Å². The average Bonchev–Trinajstić information content (AvgIpc) is 2.47. The van der Waals surface area contributed by atoms with E-state index in [1.54, 1.807) is 6.20 Å². The number of pyridine rings is 1. The van der Waals surface area contributed by atoms with Crippen molar-refractivity contribution in [3.8, 4) is 0 Å². The van der Waals surface area contributed by atoms with Crippen molar-refractivity contribution in [2.45, 2.75) is 19.9 Å². The molecule has 4 heteroatoms. The van der Waals surface area contributed by atoms with Gasteiger partial charge in [0.05, 0.1) is 0 Å². The Morgan fingerprint density at radius 1 is 1.20 bits per heavy atom. The van der Waals surface area contributed by atoms with Gasteiger partial charge in [-0.2, -0.15) is 0 Å². The number of hydrogen-bond acceptors (Lipinski definition) is 3. The van der Waals surface area contributed by atoms with Crippen molar-refractivity contribution in [1.29, 1.82) is 0 Å². The van der Waals surface area contributed by atoms with Crippen LogP contribution in [0.5, 0.6) is 0 Å². The molecule has 2 rings (SSSR count). The topological polar surface area (TPSA) is 54.0 Å². The fourth-order valence-corrected chi connectivity index (χ4v) is 2.05. The number of carbonyl (C=O) groups excluding carboxylic acids is 1. The smallest absolute Gasteiger partial charge is 0.274 e.